The van der Waals surface area contributed by atoms with E-state index in [0.29, 0.717) is 11.7 Å². The van der Waals surface area contributed by atoms with Crippen molar-refractivity contribution in [3.8, 4) is 17.0 Å². The summed E-state index contributed by atoms with van der Waals surface area (Å²) in [5.74, 6) is 2.16. The van der Waals surface area contributed by atoms with E-state index in [1.165, 1.54) is 5.56 Å². The molecule has 0 saturated heterocycles. The summed E-state index contributed by atoms with van der Waals surface area (Å²) < 4.78 is 7.85. The maximum Gasteiger partial charge on any atom is 0.262 e. The van der Waals surface area contributed by atoms with E-state index < -0.39 is 0 Å². The van der Waals surface area contributed by atoms with Gasteiger partial charge >= 0.3 is 0 Å². The molecule has 5 heteroatoms. The second-order valence-electron chi connectivity index (χ2n) is 7.45. The maximum atomic E-state index is 12.2. The molecule has 0 bridgehead atoms. The third-order valence-electron chi connectivity index (χ3n) is 5.10. The Morgan fingerprint density at radius 1 is 1.14 bits per heavy atom. The van der Waals surface area contributed by atoms with E-state index in [-0.39, 0.29) is 12.5 Å². The van der Waals surface area contributed by atoms with Gasteiger partial charge in [0, 0.05) is 18.7 Å². The van der Waals surface area contributed by atoms with Crippen molar-refractivity contribution in [2.75, 3.05) is 11.9 Å². The summed E-state index contributed by atoms with van der Waals surface area (Å²) in [4.78, 5) is 16.7. The Kier molecular flexibility index (Phi) is 5.15. The summed E-state index contributed by atoms with van der Waals surface area (Å²) in [6.45, 7) is 5.31. The van der Waals surface area contributed by atoms with Crippen LogP contribution in [0.4, 0.5) is 5.69 Å². The number of aryl methyl sites for hydroxylation is 1. The number of hydrogen-bond donors (Lipinski definition) is 1. The van der Waals surface area contributed by atoms with E-state index in [4.69, 9.17) is 4.74 Å². The fourth-order valence-corrected chi connectivity index (χ4v) is 3.51. The molecule has 0 saturated carbocycles. The first-order valence-corrected chi connectivity index (χ1v) is 9.77. The molecule has 5 nitrogen and oxygen atoms in total. The predicted molar refractivity (Wildman–Crippen MR) is 111 cm³/mol. The minimum Gasteiger partial charge on any atom is -0.484 e. The highest BCUT2D eigenvalue weighted by atomic mass is 16.5. The Hall–Kier alpha value is -3.08. The molecule has 1 amide bonds. The number of carbonyl (C=O) groups excluding carboxylic acids is 1. The number of hydrogen-bond acceptors (Lipinski definition) is 3. The summed E-state index contributed by atoms with van der Waals surface area (Å²) in [7, 11) is 0. The Labute approximate surface area is 165 Å². The van der Waals surface area contributed by atoms with E-state index in [9.17, 15) is 4.79 Å². The van der Waals surface area contributed by atoms with E-state index in [0.717, 1.165) is 42.2 Å². The van der Waals surface area contributed by atoms with Crippen molar-refractivity contribution >= 4 is 11.6 Å². The molecule has 144 valence electrons. The van der Waals surface area contributed by atoms with Gasteiger partial charge in [0.2, 0.25) is 0 Å². The van der Waals surface area contributed by atoms with Crippen LogP contribution in [0.25, 0.3) is 11.3 Å². The Morgan fingerprint density at radius 3 is 2.61 bits per heavy atom. The summed E-state index contributed by atoms with van der Waals surface area (Å²) in [5, 5.41) is 2.88. The molecule has 0 atom stereocenters. The van der Waals surface area contributed by atoms with Gasteiger partial charge in [-0.3, -0.25) is 4.79 Å². The molecule has 0 spiro atoms. The average Bonchev–Trinajstić information content (AvgIpc) is 3.31. The molecular formula is C23H25N3O2. The molecule has 1 N–H and O–H groups in total. The van der Waals surface area contributed by atoms with Gasteiger partial charge in [-0.1, -0.05) is 38.1 Å². The molecule has 3 aromatic rings. The Bertz CT molecular complexity index is 957. The zero-order valence-corrected chi connectivity index (χ0v) is 16.3. The van der Waals surface area contributed by atoms with Crippen LogP contribution in [0.2, 0.25) is 0 Å². The molecule has 1 aliphatic rings. The lowest BCUT2D eigenvalue weighted by Crippen LogP contribution is -2.20. The van der Waals surface area contributed by atoms with Gasteiger partial charge < -0.3 is 14.6 Å². The Morgan fingerprint density at radius 2 is 1.89 bits per heavy atom. The van der Waals surface area contributed by atoms with E-state index in [2.05, 4.69) is 28.7 Å². The van der Waals surface area contributed by atoms with Gasteiger partial charge in [0.05, 0.1) is 11.9 Å². The topological polar surface area (TPSA) is 56.1 Å². The van der Waals surface area contributed by atoms with Gasteiger partial charge in [-0.05, 0) is 47.7 Å². The second-order valence-corrected chi connectivity index (χ2v) is 7.45. The van der Waals surface area contributed by atoms with Crippen LogP contribution in [0.3, 0.4) is 0 Å². The van der Waals surface area contributed by atoms with Gasteiger partial charge in [-0.25, -0.2) is 4.98 Å². The lowest BCUT2D eigenvalue weighted by atomic mass is 10.0. The van der Waals surface area contributed by atoms with Gasteiger partial charge in [0.15, 0.2) is 6.61 Å². The molecule has 28 heavy (non-hydrogen) atoms. The third kappa shape index (κ3) is 3.93. The minimum atomic E-state index is -0.175. The molecule has 0 unspecified atom stereocenters. The summed E-state index contributed by atoms with van der Waals surface area (Å²) in [6, 6.07) is 15.7. The number of benzene rings is 2. The largest absolute Gasteiger partial charge is 0.484 e. The van der Waals surface area contributed by atoms with Gasteiger partial charge in [-0.15, -0.1) is 0 Å². The number of carbonyl (C=O) groups is 1. The number of rotatable bonds is 6. The van der Waals surface area contributed by atoms with Crippen LogP contribution >= 0.6 is 0 Å². The molecule has 0 fully saturated rings. The zero-order valence-electron chi connectivity index (χ0n) is 16.3. The van der Waals surface area contributed by atoms with Crippen LogP contribution in [-0.4, -0.2) is 22.1 Å². The lowest BCUT2D eigenvalue weighted by molar-refractivity contribution is -0.118. The number of fused-ring (bicyclic) bond motifs is 1. The first-order valence-electron chi connectivity index (χ1n) is 9.77. The smallest absolute Gasteiger partial charge is 0.262 e. The van der Waals surface area contributed by atoms with Crippen molar-refractivity contribution in [3.63, 3.8) is 0 Å². The molecule has 1 aliphatic heterocycles. The summed E-state index contributed by atoms with van der Waals surface area (Å²) in [6.07, 6.45) is 4.14. The lowest BCUT2D eigenvalue weighted by Gasteiger charge is -2.10. The maximum absolute atomic E-state index is 12.2. The molecule has 1 aromatic heterocycles. The fraction of sp³-hybridized carbons (Fsp3) is 0.304. The highest BCUT2D eigenvalue weighted by molar-refractivity contribution is 5.92. The monoisotopic (exact) mass is 375 g/mol. The number of anilines is 1. The van der Waals surface area contributed by atoms with Gasteiger partial charge in [0.25, 0.3) is 5.91 Å². The second kappa shape index (κ2) is 7.89. The quantitative estimate of drug-likeness (QED) is 0.683. The van der Waals surface area contributed by atoms with E-state index in [1.807, 2.05) is 54.7 Å². The standard InChI is InChI=1S/C23H25N3O2/c1-16(2)17-7-11-20(12-8-17)28-15-23(27)25-19-9-5-18(6-10-19)21-14-24-22-4-3-13-26(21)22/h5-12,14,16H,3-4,13,15H2,1-2H3,(H,25,27). The number of amides is 1. The number of nitrogens with zero attached hydrogens (tertiary/aromatic N) is 2. The highest BCUT2D eigenvalue weighted by Crippen LogP contribution is 2.26. The van der Waals surface area contributed by atoms with Crippen LogP contribution in [0.1, 0.15) is 37.6 Å². The molecular weight excluding hydrogens is 350 g/mol. The van der Waals surface area contributed by atoms with Crippen LogP contribution in [0.5, 0.6) is 5.75 Å². The van der Waals surface area contributed by atoms with Crippen molar-refractivity contribution in [1.29, 1.82) is 0 Å². The van der Waals surface area contributed by atoms with Crippen LogP contribution in [-0.2, 0) is 17.8 Å². The van der Waals surface area contributed by atoms with Gasteiger partial charge in [0.1, 0.15) is 11.6 Å². The van der Waals surface area contributed by atoms with Crippen molar-refractivity contribution in [3.05, 3.63) is 66.1 Å². The number of aromatic nitrogens is 2. The fourth-order valence-electron chi connectivity index (χ4n) is 3.51. The van der Waals surface area contributed by atoms with Crippen molar-refractivity contribution in [2.24, 2.45) is 0 Å². The minimum absolute atomic E-state index is 0.0150. The van der Waals surface area contributed by atoms with Crippen molar-refractivity contribution < 1.29 is 9.53 Å². The third-order valence-corrected chi connectivity index (χ3v) is 5.10. The number of nitrogens with one attached hydrogen (secondary N) is 1. The van der Waals surface area contributed by atoms with Crippen LogP contribution < -0.4 is 10.1 Å². The molecule has 2 aromatic carbocycles. The summed E-state index contributed by atoms with van der Waals surface area (Å²) in [5.41, 5.74) is 4.26. The Balaban J connectivity index is 1.33. The molecule has 2 heterocycles. The average molecular weight is 375 g/mol. The zero-order chi connectivity index (χ0) is 19.5. The van der Waals surface area contributed by atoms with Gasteiger partial charge in [-0.2, -0.15) is 0 Å². The van der Waals surface area contributed by atoms with Crippen LogP contribution in [0, 0.1) is 0 Å². The molecule has 0 aliphatic carbocycles. The molecule has 4 rings (SSSR count). The summed E-state index contributed by atoms with van der Waals surface area (Å²) >= 11 is 0. The van der Waals surface area contributed by atoms with E-state index >= 15 is 0 Å². The van der Waals surface area contributed by atoms with Crippen molar-refractivity contribution in [2.45, 2.75) is 39.2 Å². The molecule has 0 radical (unpaired) electrons. The first-order chi connectivity index (χ1) is 13.6. The number of imidazole rings is 1. The van der Waals surface area contributed by atoms with E-state index in [1.54, 1.807) is 0 Å². The number of ether oxygens (including phenoxy) is 1. The predicted octanol–water partition coefficient (Wildman–Crippen LogP) is 4.64. The van der Waals surface area contributed by atoms with Crippen LogP contribution in [0.15, 0.2) is 54.7 Å². The van der Waals surface area contributed by atoms with Crippen molar-refractivity contribution in [1.82, 2.24) is 9.55 Å². The normalized spacial score (nSPS) is 12.8. The SMILES string of the molecule is CC(C)c1ccc(OCC(=O)Nc2ccc(-c3cnc4n3CCC4)cc2)cc1. The first kappa shape index (κ1) is 18.3. The highest BCUT2D eigenvalue weighted by Gasteiger charge is 2.16.